The van der Waals surface area contributed by atoms with Crippen molar-refractivity contribution in [3.8, 4) is 5.75 Å². The molecule has 0 unspecified atom stereocenters. The van der Waals surface area contributed by atoms with Gasteiger partial charge in [-0.05, 0) is 36.8 Å². The number of thiocarbonyl (C=S) groups is 1. The lowest BCUT2D eigenvalue weighted by atomic mass is 10.1. The average molecular weight is 356 g/mol. The minimum Gasteiger partial charge on any atom is -0.497 e. The molecule has 4 nitrogen and oxygen atoms in total. The number of benzene rings is 2. The van der Waals surface area contributed by atoms with E-state index < -0.39 is 0 Å². The molecule has 1 N–H and O–H groups in total. The maximum atomic E-state index is 5.57. The number of piperazine rings is 1. The molecule has 0 aromatic heterocycles. The van der Waals surface area contributed by atoms with Crippen LogP contribution in [0.1, 0.15) is 11.1 Å². The molecule has 3 rings (SSSR count). The van der Waals surface area contributed by atoms with Crippen LogP contribution in [0.25, 0.3) is 0 Å². The maximum Gasteiger partial charge on any atom is 0.173 e. The second-order valence-electron chi connectivity index (χ2n) is 6.41. The summed E-state index contributed by atoms with van der Waals surface area (Å²) >= 11 is 5.57. The highest BCUT2D eigenvalue weighted by Gasteiger charge is 2.19. The van der Waals surface area contributed by atoms with Crippen LogP contribution < -0.4 is 10.1 Å². The summed E-state index contributed by atoms with van der Waals surface area (Å²) in [7, 11) is 1.67. The summed E-state index contributed by atoms with van der Waals surface area (Å²) < 4.78 is 5.26. The summed E-state index contributed by atoms with van der Waals surface area (Å²) in [6, 6.07) is 16.6. The Bertz CT molecular complexity index is 709. The SMILES string of the molecule is COc1cccc(NC(=S)N2CCN(Cc3ccc(C)cc3)CC2)c1. The van der Waals surface area contributed by atoms with Crippen molar-refractivity contribution >= 4 is 23.0 Å². The Morgan fingerprint density at radius 1 is 1.08 bits per heavy atom. The smallest absolute Gasteiger partial charge is 0.173 e. The summed E-state index contributed by atoms with van der Waals surface area (Å²) in [5.41, 5.74) is 3.64. The van der Waals surface area contributed by atoms with Gasteiger partial charge in [0.25, 0.3) is 0 Å². The van der Waals surface area contributed by atoms with Gasteiger partial charge in [0.2, 0.25) is 0 Å². The molecular formula is C20H25N3OS. The molecular weight excluding hydrogens is 330 g/mol. The van der Waals surface area contributed by atoms with Crippen LogP contribution in [0.15, 0.2) is 48.5 Å². The Morgan fingerprint density at radius 2 is 1.80 bits per heavy atom. The lowest BCUT2D eigenvalue weighted by Crippen LogP contribution is -2.49. The Kier molecular flexibility index (Phi) is 5.89. The third-order valence-corrected chi connectivity index (χ3v) is 4.87. The molecule has 25 heavy (non-hydrogen) atoms. The molecule has 0 aliphatic carbocycles. The van der Waals surface area contributed by atoms with Crippen LogP contribution in [0.4, 0.5) is 5.69 Å². The first-order chi connectivity index (χ1) is 12.1. The van der Waals surface area contributed by atoms with Crippen LogP contribution in [-0.4, -0.2) is 48.2 Å². The third-order valence-electron chi connectivity index (χ3n) is 4.51. The van der Waals surface area contributed by atoms with Crippen molar-refractivity contribution in [1.29, 1.82) is 0 Å². The fraction of sp³-hybridized carbons (Fsp3) is 0.350. The number of anilines is 1. The van der Waals surface area contributed by atoms with Crippen LogP contribution in [0.3, 0.4) is 0 Å². The summed E-state index contributed by atoms with van der Waals surface area (Å²) in [6.07, 6.45) is 0. The second kappa shape index (κ2) is 8.32. The normalized spacial score (nSPS) is 15.0. The molecule has 2 aromatic rings. The largest absolute Gasteiger partial charge is 0.497 e. The highest BCUT2D eigenvalue weighted by atomic mass is 32.1. The van der Waals surface area contributed by atoms with Gasteiger partial charge >= 0.3 is 0 Å². The number of ether oxygens (including phenoxy) is 1. The molecule has 0 amide bonds. The fourth-order valence-electron chi connectivity index (χ4n) is 2.96. The predicted octanol–water partition coefficient (Wildman–Crippen LogP) is 3.52. The molecule has 1 fully saturated rings. The van der Waals surface area contributed by atoms with Crippen molar-refractivity contribution < 1.29 is 4.74 Å². The van der Waals surface area contributed by atoms with E-state index in [1.54, 1.807) is 7.11 Å². The lowest BCUT2D eigenvalue weighted by molar-refractivity contribution is 0.177. The second-order valence-corrected chi connectivity index (χ2v) is 6.80. The van der Waals surface area contributed by atoms with E-state index in [2.05, 4.69) is 46.3 Å². The van der Waals surface area contributed by atoms with E-state index in [0.29, 0.717) is 0 Å². The average Bonchev–Trinajstić information content (AvgIpc) is 2.64. The Labute approximate surface area is 155 Å². The third kappa shape index (κ3) is 4.94. The number of methoxy groups -OCH3 is 1. The molecule has 2 aromatic carbocycles. The van der Waals surface area contributed by atoms with Crippen molar-refractivity contribution in [3.63, 3.8) is 0 Å². The van der Waals surface area contributed by atoms with Crippen molar-refractivity contribution in [2.24, 2.45) is 0 Å². The number of aryl methyl sites for hydroxylation is 1. The van der Waals surface area contributed by atoms with Gasteiger partial charge in [0.1, 0.15) is 5.75 Å². The van der Waals surface area contributed by atoms with E-state index in [1.807, 2.05) is 24.3 Å². The number of hydrogen-bond donors (Lipinski definition) is 1. The topological polar surface area (TPSA) is 27.7 Å². The van der Waals surface area contributed by atoms with E-state index in [1.165, 1.54) is 11.1 Å². The van der Waals surface area contributed by atoms with E-state index in [-0.39, 0.29) is 0 Å². The van der Waals surface area contributed by atoms with Crippen LogP contribution >= 0.6 is 12.2 Å². The van der Waals surface area contributed by atoms with Crippen molar-refractivity contribution in [1.82, 2.24) is 9.80 Å². The number of nitrogens with zero attached hydrogens (tertiary/aromatic N) is 2. The van der Waals surface area contributed by atoms with Crippen LogP contribution in [0.5, 0.6) is 5.75 Å². The molecule has 0 radical (unpaired) electrons. The molecule has 1 aliphatic rings. The quantitative estimate of drug-likeness (QED) is 0.847. The van der Waals surface area contributed by atoms with Crippen LogP contribution in [-0.2, 0) is 6.54 Å². The standard InChI is InChI=1S/C20H25N3OS/c1-16-6-8-17(9-7-16)15-22-10-12-23(13-11-22)20(25)21-18-4-3-5-19(14-18)24-2/h3-9,14H,10-13,15H2,1-2H3,(H,21,25). The zero-order valence-corrected chi connectivity index (χ0v) is 15.7. The van der Waals surface area contributed by atoms with E-state index >= 15 is 0 Å². The zero-order chi connectivity index (χ0) is 17.6. The number of rotatable bonds is 4. The first kappa shape index (κ1) is 17.7. The lowest BCUT2D eigenvalue weighted by Gasteiger charge is -2.36. The highest BCUT2D eigenvalue weighted by Crippen LogP contribution is 2.18. The monoisotopic (exact) mass is 355 g/mol. The molecule has 1 saturated heterocycles. The maximum absolute atomic E-state index is 5.57. The van der Waals surface area contributed by atoms with Gasteiger partial charge in [0.05, 0.1) is 7.11 Å². The van der Waals surface area contributed by atoms with E-state index in [9.17, 15) is 0 Å². The molecule has 0 saturated carbocycles. The van der Waals surface area contributed by atoms with Gasteiger partial charge in [-0.1, -0.05) is 35.9 Å². The van der Waals surface area contributed by atoms with E-state index in [0.717, 1.165) is 49.3 Å². The summed E-state index contributed by atoms with van der Waals surface area (Å²) in [6.45, 7) is 7.06. The van der Waals surface area contributed by atoms with Gasteiger partial charge in [0, 0.05) is 44.5 Å². The van der Waals surface area contributed by atoms with Gasteiger partial charge in [-0.25, -0.2) is 0 Å². The first-order valence-corrected chi connectivity index (χ1v) is 9.03. The molecule has 5 heteroatoms. The molecule has 1 heterocycles. The summed E-state index contributed by atoms with van der Waals surface area (Å²) in [5, 5.41) is 4.10. The van der Waals surface area contributed by atoms with E-state index in [4.69, 9.17) is 17.0 Å². The van der Waals surface area contributed by atoms with Crippen LogP contribution in [0.2, 0.25) is 0 Å². The predicted molar refractivity (Wildman–Crippen MR) is 107 cm³/mol. The highest BCUT2D eigenvalue weighted by molar-refractivity contribution is 7.80. The number of hydrogen-bond acceptors (Lipinski definition) is 3. The Morgan fingerprint density at radius 3 is 2.48 bits per heavy atom. The van der Waals surface area contributed by atoms with Crippen LogP contribution in [0, 0.1) is 6.92 Å². The van der Waals surface area contributed by atoms with Gasteiger partial charge in [-0.15, -0.1) is 0 Å². The number of nitrogens with one attached hydrogen (secondary N) is 1. The molecule has 1 aliphatic heterocycles. The summed E-state index contributed by atoms with van der Waals surface area (Å²) in [5.74, 6) is 0.829. The minimum absolute atomic E-state index is 0.781. The van der Waals surface area contributed by atoms with Gasteiger partial charge in [-0.3, -0.25) is 4.90 Å². The Hall–Kier alpha value is -2.11. The molecule has 132 valence electrons. The fourth-order valence-corrected chi connectivity index (χ4v) is 3.26. The molecule has 0 atom stereocenters. The Balaban J connectivity index is 1.49. The molecule has 0 spiro atoms. The first-order valence-electron chi connectivity index (χ1n) is 8.62. The van der Waals surface area contributed by atoms with Crippen molar-refractivity contribution in [2.45, 2.75) is 13.5 Å². The molecule has 0 bridgehead atoms. The summed E-state index contributed by atoms with van der Waals surface area (Å²) in [4.78, 5) is 4.72. The minimum atomic E-state index is 0.781. The van der Waals surface area contributed by atoms with Gasteiger partial charge in [0.15, 0.2) is 5.11 Å². The van der Waals surface area contributed by atoms with Crippen molar-refractivity contribution in [2.75, 3.05) is 38.6 Å². The zero-order valence-electron chi connectivity index (χ0n) is 14.9. The van der Waals surface area contributed by atoms with Gasteiger partial charge < -0.3 is 15.0 Å². The van der Waals surface area contributed by atoms with Crippen molar-refractivity contribution in [3.05, 3.63) is 59.7 Å². The van der Waals surface area contributed by atoms with Gasteiger partial charge in [-0.2, -0.15) is 0 Å².